The van der Waals surface area contributed by atoms with E-state index >= 15 is 4.39 Å². The Morgan fingerprint density at radius 2 is 1.88 bits per heavy atom. The zero-order chi connectivity index (χ0) is 29.0. The van der Waals surface area contributed by atoms with E-state index in [2.05, 4.69) is 19.9 Å². The lowest BCUT2D eigenvalue weighted by molar-refractivity contribution is 0.148. The van der Waals surface area contributed by atoms with Gasteiger partial charge < -0.3 is 9.84 Å². The van der Waals surface area contributed by atoms with Crippen molar-refractivity contribution in [2.75, 3.05) is 0 Å². The van der Waals surface area contributed by atoms with Crippen molar-refractivity contribution in [3.8, 4) is 22.8 Å². The van der Waals surface area contributed by atoms with Gasteiger partial charge in [0.05, 0.1) is 28.6 Å². The first kappa shape index (κ1) is 27.9. The average Bonchev–Trinajstić information content (AvgIpc) is 3.60. The predicted octanol–water partition coefficient (Wildman–Crippen LogP) is 3.37. The number of halogens is 4. The van der Waals surface area contributed by atoms with Crippen LogP contribution in [-0.4, -0.2) is 50.9 Å². The van der Waals surface area contributed by atoms with Gasteiger partial charge in [0.1, 0.15) is 55.3 Å². The summed E-state index contributed by atoms with van der Waals surface area (Å²) in [6.07, 6.45) is 5.00. The van der Waals surface area contributed by atoms with E-state index in [1.54, 1.807) is 6.92 Å². The molecule has 1 fully saturated rings. The number of hydrogen-bond acceptors (Lipinski definition) is 7. The Morgan fingerprint density at radius 3 is 2.55 bits per heavy atom. The minimum Gasteiger partial charge on any atom is -0.499 e. The Kier molecular flexibility index (Phi) is 6.99. The monoisotopic (exact) mass is 563 g/mol. The Hall–Kier alpha value is -3.70. The van der Waals surface area contributed by atoms with Gasteiger partial charge in [0.15, 0.2) is 5.82 Å². The lowest BCUT2D eigenvalue weighted by atomic mass is 9.62. The first-order valence-electron chi connectivity index (χ1n) is 12.0. The fourth-order valence-corrected chi connectivity index (χ4v) is 4.39. The molecule has 0 atom stereocenters. The smallest absolute Gasteiger partial charge is 0.278 e. The molecule has 0 spiro atoms. The molecule has 1 aliphatic rings. The van der Waals surface area contributed by atoms with Gasteiger partial charge in [0.2, 0.25) is 0 Å². The van der Waals surface area contributed by atoms with Crippen molar-refractivity contribution in [3.63, 3.8) is 0 Å². The maximum absolute atomic E-state index is 16.0. The molecule has 0 unspecified atom stereocenters. The van der Waals surface area contributed by atoms with E-state index in [9.17, 15) is 18.7 Å². The normalized spacial score (nSPS) is 14.3. The molecule has 4 radical (unpaired) electrons. The maximum Gasteiger partial charge on any atom is 0.278 e. The van der Waals surface area contributed by atoms with E-state index in [-0.39, 0.29) is 34.9 Å². The van der Waals surface area contributed by atoms with Crippen molar-refractivity contribution in [1.82, 2.24) is 24.5 Å². The van der Waals surface area contributed by atoms with Gasteiger partial charge in [-0.2, -0.15) is 0 Å². The molecule has 8 nitrogen and oxygen atoms in total. The molecule has 4 heterocycles. The molecule has 0 saturated heterocycles. The van der Waals surface area contributed by atoms with Gasteiger partial charge in [-0.05, 0) is 38.3 Å². The molecule has 14 heteroatoms. The third kappa shape index (κ3) is 5.23. The largest absolute Gasteiger partial charge is 0.499 e. The summed E-state index contributed by atoms with van der Waals surface area (Å²) in [6.45, 7) is 3.04. The Bertz CT molecular complexity index is 1720. The summed E-state index contributed by atoms with van der Waals surface area (Å²) in [7, 11) is 11.8. The summed E-state index contributed by atoms with van der Waals surface area (Å²) in [6, 6.07) is 3.25. The molecule has 1 saturated carbocycles. The quantitative estimate of drug-likeness (QED) is 0.344. The van der Waals surface area contributed by atoms with Crippen molar-refractivity contribution in [2.45, 2.75) is 44.1 Å². The Morgan fingerprint density at radius 1 is 1.15 bits per heavy atom. The van der Waals surface area contributed by atoms with E-state index < -0.39 is 44.7 Å². The summed E-state index contributed by atoms with van der Waals surface area (Å²) in [4.78, 5) is 29.6. The van der Waals surface area contributed by atoms with Crippen LogP contribution < -0.4 is 10.3 Å². The second kappa shape index (κ2) is 10.0. The summed E-state index contributed by atoms with van der Waals surface area (Å²) in [5.74, 6) is -2.98. The van der Waals surface area contributed by atoms with Crippen molar-refractivity contribution in [2.24, 2.45) is 0 Å². The number of aromatic nitrogens is 5. The van der Waals surface area contributed by atoms with Crippen molar-refractivity contribution in [3.05, 3.63) is 92.4 Å². The van der Waals surface area contributed by atoms with Gasteiger partial charge in [-0.25, -0.2) is 23.1 Å². The number of nitrogens with zero attached hydrogens (tertiary/aromatic N) is 5. The van der Waals surface area contributed by atoms with Crippen LogP contribution in [0, 0.1) is 31.3 Å². The lowest BCUT2D eigenvalue weighted by Crippen LogP contribution is -2.37. The SMILES string of the molecule is [B]C([B])(Oc1cc(C)n(-c2c(C)cnc(-c3ccnc(CC4(O)CC4)n3)c2F)c(=O)c1Cl)c1ncc(F)cc1F. The van der Waals surface area contributed by atoms with Gasteiger partial charge >= 0.3 is 0 Å². The molecule has 5 rings (SSSR count). The molecule has 200 valence electrons. The van der Waals surface area contributed by atoms with Crippen LogP contribution >= 0.6 is 11.6 Å². The van der Waals surface area contributed by atoms with E-state index in [0.29, 0.717) is 36.5 Å². The summed E-state index contributed by atoms with van der Waals surface area (Å²) in [5, 5.41) is 7.24. The minimum atomic E-state index is -2.43. The fourth-order valence-electron chi connectivity index (χ4n) is 4.21. The lowest BCUT2D eigenvalue weighted by Gasteiger charge is -2.28. The molecule has 0 amide bonds. The second-order valence-corrected chi connectivity index (χ2v) is 10.1. The highest BCUT2D eigenvalue weighted by molar-refractivity contribution is 6.39. The highest BCUT2D eigenvalue weighted by Crippen LogP contribution is 2.38. The van der Waals surface area contributed by atoms with Crippen LogP contribution in [0.4, 0.5) is 13.2 Å². The van der Waals surface area contributed by atoms with Crippen LogP contribution in [0.25, 0.3) is 17.1 Å². The van der Waals surface area contributed by atoms with Crippen LogP contribution in [0.2, 0.25) is 5.02 Å². The van der Waals surface area contributed by atoms with Gasteiger partial charge in [0.25, 0.3) is 5.56 Å². The molecule has 4 aromatic rings. The first-order valence-corrected chi connectivity index (χ1v) is 12.4. The zero-order valence-electron chi connectivity index (χ0n) is 21.3. The number of aryl methyl sites for hydroxylation is 2. The number of aliphatic hydroxyl groups is 1. The van der Waals surface area contributed by atoms with Crippen LogP contribution in [0.5, 0.6) is 5.75 Å². The van der Waals surface area contributed by atoms with E-state index in [1.807, 2.05) is 0 Å². The molecule has 0 aromatic carbocycles. The molecular formula is C26H19B2ClF3N5O3. The van der Waals surface area contributed by atoms with Crippen molar-refractivity contribution >= 4 is 27.3 Å². The number of hydrogen-bond donors (Lipinski definition) is 1. The van der Waals surface area contributed by atoms with Gasteiger partial charge in [0, 0.05) is 36.6 Å². The van der Waals surface area contributed by atoms with Crippen molar-refractivity contribution in [1.29, 1.82) is 0 Å². The van der Waals surface area contributed by atoms with Crippen LogP contribution in [0.1, 0.15) is 35.6 Å². The Balaban J connectivity index is 1.55. The zero-order valence-corrected chi connectivity index (χ0v) is 22.0. The van der Waals surface area contributed by atoms with Gasteiger partial charge in [-0.15, -0.1) is 0 Å². The molecular weight excluding hydrogens is 544 g/mol. The van der Waals surface area contributed by atoms with Crippen LogP contribution in [0.15, 0.2) is 41.6 Å². The molecule has 0 bridgehead atoms. The fraction of sp³-hybridized carbons (Fsp3) is 0.269. The molecule has 1 N–H and O–H groups in total. The minimum absolute atomic E-state index is 0.139. The molecule has 0 aliphatic heterocycles. The van der Waals surface area contributed by atoms with Gasteiger partial charge in [-0.3, -0.25) is 19.3 Å². The number of pyridine rings is 3. The van der Waals surface area contributed by atoms with E-state index in [0.717, 1.165) is 4.57 Å². The highest BCUT2D eigenvalue weighted by atomic mass is 35.5. The summed E-state index contributed by atoms with van der Waals surface area (Å²) < 4.78 is 50.0. The van der Waals surface area contributed by atoms with E-state index in [1.165, 1.54) is 31.5 Å². The highest BCUT2D eigenvalue weighted by Gasteiger charge is 2.41. The third-order valence-corrected chi connectivity index (χ3v) is 6.77. The summed E-state index contributed by atoms with van der Waals surface area (Å²) in [5.41, 5.74) is -2.03. The van der Waals surface area contributed by atoms with Crippen LogP contribution in [0.3, 0.4) is 0 Å². The standard InChI is InChI=1S/C26H19B2ClF3N5O3/c1-12-10-34-21(16-3-6-33-18(36-16)9-25(39)4-5-25)20(32)22(12)37-13(2)7-17(19(29)24(37)38)40-26(27,28)23-15(31)8-14(30)11-35-23/h3,6-8,10-11,39H,4-5,9H2,1-2H3. The predicted molar refractivity (Wildman–Crippen MR) is 141 cm³/mol. The Labute approximate surface area is 234 Å². The second-order valence-electron chi connectivity index (χ2n) is 9.70. The summed E-state index contributed by atoms with van der Waals surface area (Å²) >= 11 is 6.30. The van der Waals surface area contributed by atoms with Gasteiger partial charge in [-0.1, -0.05) is 11.6 Å². The molecule has 1 aliphatic carbocycles. The molecule has 4 aromatic heterocycles. The number of ether oxygens (including phenoxy) is 1. The van der Waals surface area contributed by atoms with Crippen molar-refractivity contribution < 1.29 is 23.0 Å². The number of rotatable bonds is 7. The topological polar surface area (TPSA) is 103 Å². The maximum atomic E-state index is 16.0. The average molecular weight is 564 g/mol. The van der Waals surface area contributed by atoms with Crippen LogP contribution in [-0.2, 0) is 11.8 Å². The molecule has 40 heavy (non-hydrogen) atoms. The van der Waals surface area contributed by atoms with E-state index in [4.69, 9.17) is 32.0 Å². The first-order chi connectivity index (χ1) is 18.8. The third-order valence-electron chi connectivity index (χ3n) is 6.42.